The molecule has 1 fully saturated rings. The van der Waals surface area contributed by atoms with E-state index in [9.17, 15) is 4.39 Å². The summed E-state index contributed by atoms with van der Waals surface area (Å²) >= 11 is 0. The summed E-state index contributed by atoms with van der Waals surface area (Å²) < 4.78 is 18.9. The van der Waals surface area contributed by atoms with Crippen LogP contribution in [-0.4, -0.2) is 13.2 Å². The van der Waals surface area contributed by atoms with E-state index in [1.54, 1.807) is 6.92 Å². The number of aryl methyl sites for hydroxylation is 1. The molecule has 2 rings (SSSR count). The fraction of sp³-hybridized carbons (Fsp3) is 0.538. The maximum absolute atomic E-state index is 13.2. The van der Waals surface area contributed by atoms with Gasteiger partial charge in [0.05, 0.1) is 12.7 Å². The Bertz CT molecular complexity index is 363. The van der Waals surface area contributed by atoms with Gasteiger partial charge >= 0.3 is 0 Å². The van der Waals surface area contributed by atoms with Gasteiger partial charge < -0.3 is 10.5 Å². The van der Waals surface area contributed by atoms with E-state index in [0.717, 1.165) is 5.56 Å². The molecule has 0 spiro atoms. The summed E-state index contributed by atoms with van der Waals surface area (Å²) in [6, 6.07) is 5.22. The predicted molar refractivity (Wildman–Crippen MR) is 61.6 cm³/mol. The molecule has 0 aliphatic heterocycles. The van der Waals surface area contributed by atoms with Gasteiger partial charge in [-0.05, 0) is 42.9 Å². The number of hydrogen-bond donors (Lipinski definition) is 1. The van der Waals surface area contributed by atoms with Crippen molar-refractivity contribution in [3.63, 3.8) is 0 Å². The highest BCUT2D eigenvalue weighted by Crippen LogP contribution is 2.43. The highest BCUT2D eigenvalue weighted by molar-refractivity contribution is 5.26. The van der Waals surface area contributed by atoms with Crippen LogP contribution in [0.2, 0.25) is 0 Å². The van der Waals surface area contributed by atoms with E-state index in [4.69, 9.17) is 10.5 Å². The third-order valence-corrected chi connectivity index (χ3v) is 2.98. The largest absolute Gasteiger partial charge is 0.372 e. The average Bonchev–Trinajstić information content (AvgIpc) is 3.08. The second-order valence-electron chi connectivity index (χ2n) is 4.43. The lowest BCUT2D eigenvalue weighted by Crippen LogP contribution is -2.14. The van der Waals surface area contributed by atoms with Crippen molar-refractivity contribution in [2.45, 2.75) is 25.9 Å². The van der Waals surface area contributed by atoms with Gasteiger partial charge in [-0.3, -0.25) is 0 Å². The van der Waals surface area contributed by atoms with Gasteiger partial charge in [0.2, 0.25) is 0 Å². The van der Waals surface area contributed by atoms with E-state index in [1.165, 1.54) is 18.9 Å². The first-order valence-electron chi connectivity index (χ1n) is 5.80. The molecule has 1 aromatic carbocycles. The lowest BCUT2D eigenvalue weighted by atomic mass is 10.0. The molecule has 2 N–H and O–H groups in total. The zero-order chi connectivity index (χ0) is 11.5. The monoisotopic (exact) mass is 223 g/mol. The molecule has 0 saturated heterocycles. The fourth-order valence-corrected chi connectivity index (χ4v) is 1.94. The second-order valence-corrected chi connectivity index (χ2v) is 4.43. The van der Waals surface area contributed by atoms with Gasteiger partial charge in [-0.25, -0.2) is 4.39 Å². The molecule has 1 aromatic rings. The first-order valence-corrected chi connectivity index (χ1v) is 5.80. The Hall–Kier alpha value is -0.930. The van der Waals surface area contributed by atoms with Gasteiger partial charge in [0.25, 0.3) is 0 Å². The van der Waals surface area contributed by atoms with Crippen molar-refractivity contribution in [3.8, 4) is 0 Å². The Kier molecular flexibility index (Phi) is 3.56. The van der Waals surface area contributed by atoms with Crippen LogP contribution in [0.4, 0.5) is 4.39 Å². The van der Waals surface area contributed by atoms with Gasteiger partial charge in [-0.1, -0.05) is 12.1 Å². The topological polar surface area (TPSA) is 35.2 Å². The van der Waals surface area contributed by atoms with E-state index >= 15 is 0 Å². The van der Waals surface area contributed by atoms with Crippen LogP contribution in [0.25, 0.3) is 0 Å². The number of nitrogens with two attached hydrogens (primary N) is 1. The molecule has 88 valence electrons. The third-order valence-electron chi connectivity index (χ3n) is 2.98. The molecule has 3 heteroatoms. The van der Waals surface area contributed by atoms with Gasteiger partial charge in [-0.2, -0.15) is 0 Å². The zero-order valence-corrected chi connectivity index (χ0v) is 9.58. The van der Waals surface area contributed by atoms with Crippen LogP contribution in [0.15, 0.2) is 18.2 Å². The van der Waals surface area contributed by atoms with Gasteiger partial charge in [0.15, 0.2) is 0 Å². The molecule has 1 unspecified atom stereocenters. The molecule has 2 nitrogen and oxygen atoms in total. The van der Waals surface area contributed by atoms with Crippen molar-refractivity contribution >= 4 is 0 Å². The maximum Gasteiger partial charge on any atom is 0.126 e. The number of halogens is 1. The SMILES string of the molecule is Cc1cc(C(OCCN)C2CC2)ccc1F. The van der Waals surface area contributed by atoms with E-state index in [-0.39, 0.29) is 11.9 Å². The van der Waals surface area contributed by atoms with Crippen molar-refractivity contribution < 1.29 is 9.13 Å². The Morgan fingerprint density at radius 2 is 2.25 bits per heavy atom. The smallest absolute Gasteiger partial charge is 0.126 e. The molecule has 1 aliphatic rings. The highest BCUT2D eigenvalue weighted by Gasteiger charge is 2.33. The molecule has 0 bridgehead atoms. The molecule has 1 aliphatic carbocycles. The van der Waals surface area contributed by atoms with Crippen LogP contribution in [0, 0.1) is 18.7 Å². The van der Waals surface area contributed by atoms with Crippen LogP contribution >= 0.6 is 0 Å². The molecule has 0 radical (unpaired) electrons. The lowest BCUT2D eigenvalue weighted by Gasteiger charge is -2.18. The third kappa shape index (κ3) is 2.60. The maximum atomic E-state index is 13.2. The van der Waals surface area contributed by atoms with Crippen molar-refractivity contribution in [1.29, 1.82) is 0 Å². The molecule has 0 amide bonds. The van der Waals surface area contributed by atoms with E-state index in [0.29, 0.717) is 24.6 Å². The molecule has 0 heterocycles. The van der Waals surface area contributed by atoms with Crippen LogP contribution < -0.4 is 5.73 Å². The van der Waals surface area contributed by atoms with Crippen LogP contribution in [-0.2, 0) is 4.74 Å². The van der Waals surface area contributed by atoms with Crippen LogP contribution in [0.5, 0.6) is 0 Å². The summed E-state index contributed by atoms with van der Waals surface area (Å²) in [4.78, 5) is 0. The summed E-state index contributed by atoms with van der Waals surface area (Å²) in [6.07, 6.45) is 2.50. The van der Waals surface area contributed by atoms with Crippen molar-refractivity contribution in [3.05, 3.63) is 35.1 Å². The minimum Gasteiger partial charge on any atom is -0.372 e. The quantitative estimate of drug-likeness (QED) is 0.832. The first-order chi connectivity index (χ1) is 7.72. The molecule has 16 heavy (non-hydrogen) atoms. The highest BCUT2D eigenvalue weighted by atomic mass is 19.1. The molecule has 1 atom stereocenters. The molecule has 1 saturated carbocycles. The summed E-state index contributed by atoms with van der Waals surface area (Å²) in [5.74, 6) is 0.438. The molecular formula is C13H18FNO. The Morgan fingerprint density at radius 3 is 2.81 bits per heavy atom. The van der Waals surface area contributed by atoms with Gasteiger partial charge in [-0.15, -0.1) is 0 Å². The van der Waals surface area contributed by atoms with E-state index in [1.807, 2.05) is 12.1 Å². The summed E-state index contributed by atoms with van der Waals surface area (Å²) in [5, 5.41) is 0. The minimum absolute atomic E-state index is 0.0999. The zero-order valence-electron chi connectivity index (χ0n) is 9.58. The number of benzene rings is 1. The Morgan fingerprint density at radius 1 is 1.50 bits per heavy atom. The normalized spacial score (nSPS) is 17.4. The lowest BCUT2D eigenvalue weighted by molar-refractivity contribution is 0.0424. The standard InChI is InChI=1S/C13H18FNO/c1-9-8-11(4-5-12(9)14)13(10-2-3-10)16-7-6-15/h4-5,8,10,13H,2-3,6-7,15H2,1H3. The van der Waals surface area contributed by atoms with Crippen LogP contribution in [0.3, 0.4) is 0 Å². The summed E-state index contributed by atoms with van der Waals surface area (Å²) in [7, 11) is 0. The first kappa shape index (κ1) is 11.6. The van der Waals surface area contributed by atoms with Crippen molar-refractivity contribution in [1.82, 2.24) is 0 Å². The molecular weight excluding hydrogens is 205 g/mol. The second kappa shape index (κ2) is 4.93. The fourth-order valence-electron chi connectivity index (χ4n) is 1.94. The van der Waals surface area contributed by atoms with Gasteiger partial charge in [0.1, 0.15) is 5.82 Å². The number of rotatable bonds is 5. The summed E-state index contributed by atoms with van der Waals surface area (Å²) in [6.45, 7) is 2.88. The van der Waals surface area contributed by atoms with E-state index < -0.39 is 0 Å². The number of ether oxygens (including phenoxy) is 1. The van der Waals surface area contributed by atoms with Crippen molar-refractivity contribution in [2.75, 3.05) is 13.2 Å². The average molecular weight is 223 g/mol. The predicted octanol–water partition coefficient (Wildman–Crippen LogP) is 2.56. The number of hydrogen-bond acceptors (Lipinski definition) is 2. The summed E-state index contributed by atoms with van der Waals surface area (Å²) in [5.41, 5.74) is 7.20. The van der Waals surface area contributed by atoms with Crippen molar-refractivity contribution in [2.24, 2.45) is 11.7 Å². The van der Waals surface area contributed by atoms with Crippen LogP contribution in [0.1, 0.15) is 30.1 Å². The minimum atomic E-state index is -0.155. The Labute approximate surface area is 95.6 Å². The molecule has 0 aromatic heterocycles. The Balaban J connectivity index is 2.14. The van der Waals surface area contributed by atoms with E-state index in [2.05, 4.69) is 0 Å². The van der Waals surface area contributed by atoms with Gasteiger partial charge in [0, 0.05) is 6.54 Å².